The number of primary amides is 1. The van der Waals surface area contributed by atoms with E-state index in [1.807, 2.05) is 0 Å². The van der Waals surface area contributed by atoms with Crippen LogP contribution in [0.4, 0.5) is 8.78 Å². The van der Waals surface area contributed by atoms with Crippen molar-refractivity contribution in [1.82, 2.24) is 0 Å². The average molecular weight is 233 g/mol. The molecule has 17 heavy (non-hydrogen) atoms. The first-order valence-corrected chi connectivity index (χ1v) is 4.93. The highest BCUT2D eigenvalue weighted by atomic mass is 19.1. The van der Waals surface area contributed by atoms with Gasteiger partial charge in [0.15, 0.2) is 0 Å². The minimum Gasteiger partial charge on any atom is -0.366 e. The highest BCUT2D eigenvalue weighted by Crippen LogP contribution is 2.23. The molecule has 2 nitrogen and oxygen atoms in total. The predicted molar refractivity (Wildman–Crippen MR) is 60.3 cm³/mol. The molecule has 0 aliphatic heterocycles. The summed E-state index contributed by atoms with van der Waals surface area (Å²) in [6.45, 7) is 0. The summed E-state index contributed by atoms with van der Waals surface area (Å²) >= 11 is 0. The second-order valence-electron chi connectivity index (χ2n) is 3.57. The van der Waals surface area contributed by atoms with E-state index >= 15 is 0 Å². The van der Waals surface area contributed by atoms with Crippen LogP contribution in [0.1, 0.15) is 10.4 Å². The summed E-state index contributed by atoms with van der Waals surface area (Å²) in [4.78, 5) is 10.9. The fraction of sp³-hybridized carbons (Fsp3) is 0. The number of rotatable bonds is 2. The van der Waals surface area contributed by atoms with E-state index in [-0.39, 0.29) is 11.4 Å². The van der Waals surface area contributed by atoms with Crippen LogP contribution < -0.4 is 5.73 Å². The molecule has 0 aromatic heterocycles. The smallest absolute Gasteiger partial charge is 0.248 e. The van der Waals surface area contributed by atoms with E-state index in [0.29, 0.717) is 11.1 Å². The van der Waals surface area contributed by atoms with Gasteiger partial charge in [-0.25, -0.2) is 8.78 Å². The maximum Gasteiger partial charge on any atom is 0.248 e. The molecule has 2 aromatic rings. The first-order valence-electron chi connectivity index (χ1n) is 4.93. The molecule has 0 aliphatic carbocycles. The lowest BCUT2D eigenvalue weighted by atomic mass is 10.0. The van der Waals surface area contributed by atoms with Crippen molar-refractivity contribution < 1.29 is 13.6 Å². The van der Waals surface area contributed by atoms with E-state index in [4.69, 9.17) is 5.73 Å². The Morgan fingerprint density at radius 1 is 1.00 bits per heavy atom. The molecule has 2 rings (SSSR count). The Kier molecular flexibility index (Phi) is 2.87. The molecule has 0 atom stereocenters. The number of amides is 1. The summed E-state index contributed by atoms with van der Waals surface area (Å²) in [6, 6.07) is 9.39. The highest BCUT2D eigenvalue weighted by Gasteiger charge is 2.08. The van der Waals surface area contributed by atoms with Crippen LogP contribution in [0.25, 0.3) is 11.1 Å². The fourth-order valence-electron chi connectivity index (χ4n) is 1.53. The topological polar surface area (TPSA) is 43.1 Å². The second kappa shape index (κ2) is 4.33. The van der Waals surface area contributed by atoms with Crippen molar-refractivity contribution in [3.63, 3.8) is 0 Å². The SMILES string of the molecule is NC(=O)c1ccc(-c2ccc(F)cc2)c(F)c1. The molecular formula is C13H9F2NO. The van der Waals surface area contributed by atoms with Crippen LogP contribution in [0.3, 0.4) is 0 Å². The van der Waals surface area contributed by atoms with E-state index in [0.717, 1.165) is 6.07 Å². The molecule has 2 N–H and O–H groups in total. The largest absolute Gasteiger partial charge is 0.366 e. The Morgan fingerprint density at radius 3 is 2.18 bits per heavy atom. The summed E-state index contributed by atoms with van der Waals surface area (Å²) in [6.07, 6.45) is 0. The minimum atomic E-state index is -0.686. The molecule has 0 spiro atoms. The van der Waals surface area contributed by atoms with Gasteiger partial charge in [0.2, 0.25) is 5.91 Å². The van der Waals surface area contributed by atoms with Gasteiger partial charge < -0.3 is 5.73 Å². The van der Waals surface area contributed by atoms with Gasteiger partial charge in [0.1, 0.15) is 11.6 Å². The fourth-order valence-corrected chi connectivity index (χ4v) is 1.53. The van der Waals surface area contributed by atoms with Gasteiger partial charge in [0.25, 0.3) is 0 Å². The van der Waals surface area contributed by atoms with Gasteiger partial charge in [-0.05, 0) is 29.8 Å². The zero-order valence-corrected chi connectivity index (χ0v) is 8.78. The Hall–Kier alpha value is -2.23. The van der Waals surface area contributed by atoms with Crippen LogP contribution in [0.15, 0.2) is 42.5 Å². The Bertz CT molecular complexity index is 564. The summed E-state index contributed by atoms with van der Waals surface area (Å²) in [5, 5.41) is 0. The lowest BCUT2D eigenvalue weighted by molar-refractivity contribution is 0.1000. The maximum atomic E-state index is 13.7. The zero-order chi connectivity index (χ0) is 12.4. The number of nitrogens with two attached hydrogens (primary N) is 1. The van der Waals surface area contributed by atoms with Gasteiger partial charge in [-0.2, -0.15) is 0 Å². The number of carbonyl (C=O) groups is 1. The third-order valence-corrected chi connectivity index (χ3v) is 2.41. The van der Waals surface area contributed by atoms with Gasteiger partial charge in [0.05, 0.1) is 0 Å². The van der Waals surface area contributed by atoms with E-state index in [1.165, 1.54) is 36.4 Å². The van der Waals surface area contributed by atoms with Gasteiger partial charge >= 0.3 is 0 Å². The van der Waals surface area contributed by atoms with Crippen LogP contribution in [0, 0.1) is 11.6 Å². The summed E-state index contributed by atoms with van der Waals surface area (Å²) in [5.41, 5.74) is 5.98. The second-order valence-corrected chi connectivity index (χ2v) is 3.57. The van der Waals surface area contributed by atoms with Gasteiger partial charge in [-0.1, -0.05) is 18.2 Å². The molecule has 86 valence electrons. The van der Waals surface area contributed by atoms with Crippen molar-refractivity contribution in [3.8, 4) is 11.1 Å². The Morgan fingerprint density at radius 2 is 1.65 bits per heavy atom. The van der Waals surface area contributed by atoms with E-state index in [1.54, 1.807) is 0 Å². The predicted octanol–water partition coefficient (Wildman–Crippen LogP) is 2.73. The molecule has 1 amide bonds. The van der Waals surface area contributed by atoms with E-state index in [9.17, 15) is 13.6 Å². The lowest BCUT2D eigenvalue weighted by Gasteiger charge is -2.04. The number of benzene rings is 2. The Labute approximate surface area is 96.7 Å². The first-order chi connectivity index (χ1) is 8.08. The number of carbonyl (C=O) groups excluding carboxylic acids is 1. The molecular weight excluding hydrogens is 224 g/mol. The molecule has 0 unspecified atom stereocenters. The van der Waals surface area contributed by atoms with Crippen molar-refractivity contribution in [2.24, 2.45) is 5.73 Å². The van der Waals surface area contributed by atoms with Crippen molar-refractivity contribution in [3.05, 3.63) is 59.7 Å². The summed E-state index contributed by atoms with van der Waals surface area (Å²) in [7, 11) is 0. The van der Waals surface area contributed by atoms with Crippen LogP contribution in [-0.2, 0) is 0 Å². The molecule has 4 heteroatoms. The third-order valence-electron chi connectivity index (χ3n) is 2.41. The quantitative estimate of drug-likeness (QED) is 0.851. The third kappa shape index (κ3) is 2.30. The van der Waals surface area contributed by atoms with Gasteiger partial charge in [0, 0.05) is 11.1 Å². The van der Waals surface area contributed by atoms with Gasteiger partial charge in [-0.3, -0.25) is 4.79 Å². The molecule has 0 heterocycles. The van der Waals surface area contributed by atoms with Crippen molar-refractivity contribution in [1.29, 1.82) is 0 Å². The van der Waals surface area contributed by atoms with Crippen molar-refractivity contribution >= 4 is 5.91 Å². The molecule has 0 radical (unpaired) electrons. The zero-order valence-electron chi connectivity index (χ0n) is 8.78. The number of hydrogen-bond donors (Lipinski definition) is 1. The van der Waals surface area contributed by atoms with Crippen LogP contribution in [0.5, 0.6) is 0 Å². The molecule has 0 aliphatic rings. The van der Waals surface area contributed by atoms with E-state index in [2.05, 4.69) is 0 Å². The molecule has 0 fully saturated rings. The Balaban J connectivity index is 2.46. The molecule has 0 bridgehead atoms. The normalized spacial score (nSPS) is 10.2. The van der Waals surface area contributed by atoms with Gasteiger partial charge in [-0.15, -0.1) is 0 Å². The lowest BCUT2D eigenvalue weighted by Crippen LogP contribution is -2.11. The number of hydrogen-bond acceptors (Lipinski definition) is 1. The van der Waals surface area contributed by atoms with Crippen LogP contribution in [-0.4, -0.2) is 5.91 Å². The molecule has 0 saturated carbocycles. The number of halogens is 2. The van der Waals surface area contributed by atoms with Crippen molar-refractivity contribution in [2.45, 2.75) is 0 Å². The minimum absolute atomic E-state index is 0.105. The summed E-state index contributed by atoms with van der Waals surface area (Å²) < 4.78 is 26.4. The molecule has 2 aromatic carbocycles. The highest BCUT2D eigenvalue weighted by molar-refractivity contribution is 5.93. The first kappa shape index (κ1) is 11.3. The van der Waals surface area contributed by atoms with Crippen LogP contribution >= 0.6 is 0 Å². The average Bonchev–Trinajstić information content (AvgIpc) is 2.30. The maximum absolute atomic E-state index is 13.7. The molecule has 0 saturated heterocycles. The standard InChI is InChI=1S/C13H9F2NO/c14-10-4-1-8(2-5-10)11-6-3-9(13(16)17)7-12(11)15/h1-7H,(H2,16,17). The summed E-state index contributed by atoms with van der Waals surface area (Å²) in [5.74, 6) is -1.63. The monoisotopic (exact) mass is 233 g/mol. The van der Waals surface area contributed by atoms with Crippen molar-refractivity contribution in [2.75, 3.05) is 0 Å². The van der Waals surface area contributed by atoms with E-state index < -0.39 is 11.7 Å². The van der Waals surface area contributed by atoms with Crippen LogP contribution in [0.2, 0.25) is 0 Å².